The number of carbonyl (C=O) groups is 1. The smallest absolute Gasteiger partial charge is 0.289 e. The highest BCUT2D eigenvalue weighted by molar-refractivity contribution is 14.0. The molecule has 8 nitrogen and oxygen atoms in total. The Kier molecular flexibility index (Phi) is 7.35. The summed E-state index contributed by atoms with van der Waals surface area (Å²) in [6, 6.07) is 11.5. The normalized spacial score (nSPS) is 14.7. The molecule has 1 aliphatic rings. The number of nitrogens with one attached hydrogen (secondary N) is 1. The van der Waals surface area contributed by atoms with Crippen molar-refractivity contribution in [3.8, 4) is 0 Å². The lowest BCUT2D eigenvalue weighted by atomic mass is 10.3. The number of rotatable bonds is 4. The number of hydrogen-bond donors (Lipinski definition) is 1. The van der Waals surface area contributed by atoms with Gasteiger partial charge in [0.2, 0.25) is 0 Å². The fourth-order valence-corrected chi connectivity index (χ4v) is 3.59. The number of para-hydroxylation sites is 2. The van der Waals surface area contributed by atoms with Crippen LogP contribution in [0.15, 0.2) is 52.1 Å². The standard InChI is InChI=1S/C21H26N6O2.HI/c1-3-22-21(23-15-19-24-16-7-4-5-8-17(16)25(19)2)27-12-10-26(11-13-27)20(28)18-9-6-14-29-18;/h4-9,14H,3,10-13,15H2,1-2H3,(H,22,23);1H. The van der Waals surface area contributed by atoms with Gasteiger partial charge in [-0.25, -0.2) is 9.98 Å². The number of aliphatic imine (C=N–C) groups is 1. The highest BCUT2D eigenvalue weighted by atomic mass is 127. The molecule has 1 aromatic carbocycles. The Hall–Kier alpha value is -2.56. The Morgan fingerprint density at radius 1 is 1.13 bits per heavy atom. The summed E-state index contributed by atoms with van der Waals surface area (Å²) in [6.45, 7) is 6.06. The minimum Gasteiger partial charge on any atom is -0.459 e. The van der Waals surface area contributed by atoms with E-state index in [1.165, 1.54) is 6.26 Å². The molecule has 1 amide bonds. The topological polar surface area (TPSA) is 78.9 Å². The second kappa shape index (κ2) is 9.96. The molecule has 30 heavy (non-hydrogen) atoms. The molecule has 4 rings (SSSR count). The largest absolute Gasteiger partial charge is 0.459 e. The summed E-state index contributed by atoms with van der Waals surface area (Å²) >= 11 is 0. The SMILES string of the molecule is CCNC(=NCc1nc2ccccc2n1C)N1CCN(C(=O)c2ccco2)CC1.I. The number of furan rings is 1. The minimum atomic E-state index is -0.0590. The van der Waals surface area contributed by atoms with Crippen molar-refractivity contribution in [3.05, 3.63) is 54.2 Å². The third-order valence-electron chi connectivity index (χ3n) is 5.18. The van der Waals surface area contributed by atoms with Crippen LogP contribution in [0.25, 0.3) is 11.0 Å². The molecule has 1 aliphatic heterocycles. The van der Waals surface area contributed by atoms with Gasteiger partial charge in [-0.3, -0.25) is 4.79 Å². The zero-order valence-corrected chi connectivity index (χ0v) is 19.6. The highest BCUT2D eigenvalue weighted by Gasteiger charge is 2.25. The molecule has 1 saturated heterocycles. The van der Waals surface area contributed by atoms with Crippen LogP contribution in [0.2, 0.25) is 0 Å². The van der Waals surface area contributed by atoms with Crippen LogP contribution in [-0.2, 0) is 13.6 Å². The fourth-order valence-electron chi connectivity index (χ4n) is 3.59. The Morgan fingerprint density at radius 2 is 1.87 bits per heavy atom. The van der Waals surface area contributed by atoms with Gasteiger partial charge in [0.15, 0.2) is 11.7 Å². The Balaban J connectivity index is 0.00000256. The van der Waals surface area contributed by atoms with Crippen molar-refractivity contribution in [3.63, 3.8) is 0 Å². The predicted octanol–water partition coefficient (Wildman–Crippen LogP) is 2.71. The predicted molar refractivity (Wildman–Crippen MR) is 127 cm³/mol. The third kappa shape index (κ3) is 4.61. The van der Waals surface area contributed by atoms with E-state index in [-0.39, 0.29) is 29.9 Å². The van der Waals surface area contributed by atoms with Crippen LogP contribution in [0.3, 0.4) is 0 Å². The first kappa shape index (κ1) is 22.1. The number of benzene rings is 1. The van der Waals surface area contributed by atoms with E-state index in [1.54, 1.807) is 12.1 Å². The van der Waals surface area contributed by atoms with Crippen LogP contribution < -0.4 is 5.32 Å². The van der Waals surface area contributed by atoms with E-state index in [0.717, 1.165) is 42.5 Å². The quantitative estimate of drug-likeness (QED) is 0.324. The van der Waals surface area contributed by atoms with Crippen LogP contribution >= 0.6 is 24.0 Å². The van der Waals surface area contributed by atoms with Crippen LogP contribution in [0, 0.1) is 0 Å². The van der Waals surface area contributed by atoms with E-state index < -0.39 is 0 Å². The van der Waals surface area contributed by atoms with Crippen molar-refractivity contribution in [2.24, 2.45) is 12.0 Å². The first-order valence-electron chi connectivity index (χ1n) is 9.93. The van der Waals surface area contributed by atoms with Crippen molar-refractivity contribution >= 4 is 46.9 Å². The molecule has 0 aliphatic carbocycles. The summed E-state index contributed by atoms with van der Waals surface area (Å²) in [5, 5.41) is 3.36. The molecule has 0 bridgehead atoms. The summed E-state index contributed by atoms with van der Waals surface area (Å²) in [5.41, 5.74) is 2.09. The zero-order valence-electron chi connectivity index (χ0n) is 17.2. The van der Waals surface area contributed by atoms with Gasteiger partial charge in [-0.1, -0.05) is 12.1 Å². The molecule has 0 unspecified atom stereocenters. The van der Waals surface area contributed by atoms with E-state index in [4.69, 9.17) is 14.4 Å². The van der Waals surface area contributed by atoms with Gasteiger partial charge in [-0.05, 0) is 31.2 Å². The van der Waals surface area contributed by atoms with Gasteiger partial charge < -0.3 is 24.1 Å². The van der Waals surface area contributed by atoms with Crippen LogP contribution in [0.5, 0.6) is 0 Å². The summed E-state index contributed by atoms with van der Waals surface area (Å²) in [7, 11) is 2.02. The average molecular weight is 522 g/mol. The van der Waals surface area contributed by atoms with Gasteiger partial charge in [-0.15, -0.1) is 24.0 Å². The molecule has 3 heterocycles. The second-order valence-corrected chi connectivity index (χ2v) is 7.00. The van der Waals surface area contributed by atoms with Crippen molar-refractivity contribution in [1.29, 1.82) is 0 Å². The third-order valence-corrected chi connectivity index (χ3v) is 5.18. The molecule has 0 saturated carbocycles. The van der Waals surface area contributed by atoms with Gasteiger partial charge in [0, 0.05) is 39.8 Å². The van der Waals surface area contributed by atoms with E-state index in [9.17, 15) is 4.79 Å². The number of halogens is 1. The molecule has 9 heteroatoms. The average Bonchev–Trinajstić information content (AvgIpc) is 3.40. The Bertz CT molecular complexity index is 1010. The molecule has 0 atom stereocenters. The number of aromatic nitrogens is 2. The van der Waals surface area contributed by atoms with Crippen molar-refractivity contribution in [2.45, 2.75) is 13.5 Å². The van der Waals surface area contributed by atoms with Crippen LogP contribution in [0.4, 0.5) is 0 Å². The zero-order chi connectivity index (χ0) is 20.2. The minimum absolute atomic E-state index is 0. The van der Waals surface area contributed by atoms with Crippen molar-refractivity contribution in [1.82, 2.24) is 24.7 Å². The van der Waals surface area contributed by atoms with Crippen molar-refractivity contribution < 1.29 is 9.21 Å². The fraction of sp³-hybridized carbons (Fsp3) is 0.381. The number of imidazole rings is 1. The van der Waals surface area contributed by atoms with Gasteiger partial charge in [-0.2, -0.15) is 0 Å². The maximum absolute atomic E-state index is 12.5. The summed E-state index contributed by atoms with van der Waals surface area (Å²) in [5.74, 6) is 2.11. The number of piperazine rings is 1. The number of guanidine groups is 1. The van der Waals surface area contributed by atoms with Gasteiger partial charge in [0.25, 0.3) is 5.91 Å². The molecular weight excluding hydrogens is 495 g/mol. The second-order valence-electron chi connectivity index (χ2n) is 7.00. The number of aryl methyl sites for hydroxylation is 1. The van der Waals surface area contributed by atoms with E-state index in [1.807, 2.05) is 30.1 Å². The molecule has 1 N–H and O–H groups in total. The van der Waals surface area contributed by atoms with Gasteiger partial charge in [0.05, 0.1) is 17.3 Å². The molecule has 0 spiro atoms. The number of nitrogens with zero attached hydrogens (tertiary/aromatic N) is 5. The first-order valence-corrected chi connectivity index (χ1v) is 9.93. The van der Waals surface area contributed by atoms with E-state index >= 15 is 0 Å². The Labute approximate surface area is 193 Å². The lowest BCUT2D eigenvalue weighted by Gasteiger charge is -2.36. The number of fused-ring (bicyclic) bond motifs is 1. The molecule has 0 radical (unpaired) electrons. The monoisotopic (exact) mass is 522 g/mol. The highest BCUT2D eigenvalue weighted by Crippen LogP contribution is 2.15. The molecule has 1 fully saturated rings. The summed E-state index contributed by atoms with van der Waals surface area (Å²) < 4.78 is 7.32. The number of amides is 1. The van der Waals surface area contributed by atoms with Gasteiger partial charge >= 0.3 is 0 Å². The molecule has 160 valence electrons. The first-order chi connectivity index (χ1) is 14.2. The summed E-state index contributed by atoms with van der Waals surface area (Å²) in [4.78, 5) is 26.0. The van der Waals surface area contributed by atoms with Crippen molar-refractivity contribution in [2.75, 3.05) is 32.7 Å². The van der Waals surface area contributed by atoms with E-state index in [2.05, 4.69) is 27.8 Å². The van der Waals surface area contributed by atoms with Gasteiger partial charge in [0.1, 0.15) is 12.4 Å². The maximum Gasteiger partial charge on any atom is 0.289 e. The number of carbonyl (C=O) groups excluding carboxylic acids is 1. The molecule has 2 aromatic heterocycles. The number of hydrogen-bond acceptors (Lipinski definition) is 4. The van der Waals surface area contributed by atoms with E-state index in [0.29, 0.717) is 25.4 Å². The lowest BCUT2D eigenvalue weighted by Crippen LogP contribution is -2.53. The Morgan fingerprint density at radius 3 is 2.53 bits per heavy atom. The molecular formula is C21H27IN6O2. The lowest BCUT2D eigenvalue weighted by molar-refractivity contribution is 0.0657. The maximum atomic E-state index is 12.5. The summed E-state index contributed by atoms with van der Waals surface area (Å²) in [6.07, 6.45) is 1.53. The van der Waals surface area contributed by atoms with Crippen LogP contribution in [0.1, 0.15) is 23.3 Å². The van der Waals surface area contributed by atoms with Crippen LogP contribution in [-0.4, -0.2) is 63.9 Å². The molecule has 3 aromatic rings.